The van der Waals surface area contributed by atoms with Crippen LogP contribution in [0, 0.1) is 11.3 Å². The molecule has 0 unspecified atom stereocenters. The van der Waals surface area contributed by atoms with Gasteiger partial charge in [-0.05, 0) is 23.8 Å². The van der Waals surface area contributed by atoms with Crippen molar-refractivity contribution in [2.45, 2.75) is 0 Å². The highest BCUT2D eigenvalue weighted by Crippen LogP contribution is 2.18. The van der Waals surface area contributed by atoms with Crippen LogP contribution in [0.15, 0.2) is 60.8 Å². The van der Waals surface area contributed by atoms with Crippen molar-refractivity contribution in [2.75, 3.05) is 0 Å². The van der Waals surface area contributed by atoms with E-state index < -0.39 is 5.97 Å². The minimum atomic E-state index is -1.08. The zero-order chi connectivity index (χ0) is 17.6. The molecule has 0 spiro atoms. The number of rotatable bonds is 4. The fourth-order valence-electron chi connectivity index (χ4n) is 2.26. The second-order valence-electron chi connectivity index (χ2n) is 5.23. The highest BCUT2D eigenvalue weighted by molar-refractivity contribution is 5.92. The van der Waals surface area contributed by atoms with Crippen LogP contribution in [0.5, 0.6) is 0 Å². The minimum Gasteiger partial charge on any atom is -0.478 e. The Morgan fingerprint density at radius 2 is 1.76 bits per heavy atom. The SMILES string of the molecule is N#Cc1ccc(/C=C/c2nc(-c3ccccc3)ncc2C(=O)O)cc1. The van der Waals surface area contributed by atoms with E-state index in [-0.39, 0.29) is 5.56 Å². The Kier molecular flexibility index (Phi) is 4.63. The highest BCUT2D eigenvalue weighted by atomic mass is 16.4. The summed E-state index contributed by atoms with van der Waals surface area (Å²) in [6.45, 7) is 0. The Balaban J connectivity index is 1.99. The molecule has 3 aromatic rings. The molecule has 0 amide bonds. The van der Waals surface area contributed by atoms with Gasteiger partial charge in [-0.2, -0.15) is 5.26 Å². The zero-order valence-corrected chi connectivity index (χ0v) is 13.1. The fraction of sp³-hybridized carbons (Fsp3) is 0. The van der Waals surface area contributed by atoms with E-state index in [0.29, 0.717) is 17.1 Å². The van der Waals surface area contributed by atoms with Crippen molar-refractivity contribution in [1.82, 2.24) is 9.97 Å². The van der Waals surface area contributed by atoms with Crippen LogP contribution in [0.4, 0.5) is 0 Å². The van der Waals surface area contributed by atoms with E-state index in [4.69, 9.17) is 5.26 Å². The standard InChI is InChI=1S/C20H13N3O2/c21-12-15-8-6-14(7-9-15)10-11-18-17(20(24)25)13-22-19(23-18)16-4-2-1-3-5-16/h1-11,13H,(H,24,25)/b11-10+. The molecule has 0 aliphatic rings. The summed E-state index contributed by atoms with van der Waals surface area (Å²) < 4.78 is 0. The van der Waals surface area contributed by atoms with Gasteiger partial charge in [0.15, 0.2) is 5.82 Å². The largest absolute Gasteiger partial charge is 0.478 e. The lowest BCUT2D eigenvalue weighted by molar-refractivity contribution is 0.0695. The Hall–Kier alpha value is -3.78. The molecular weight excluding hydrogens is 314 g/mol. The van der Waals surface area contributed by atoms with Crippen molar-refractivity contribution in [3.63, 3.8) is 0 Å². The smallest absolute Gasteiger partial charge is 0.339 e. The maximum atomic E-state index is 11.4. The fourth-order valence-corrected chi connectivity index (χ4v) is 2.26. The maximum Gasteiger partial charge on any atom is 0.339 e. The quantitative estimate of drug-likeness (QED) is 0.785. The van der Waals surface area contributed by atoms with Crippen LogP contribution in [0.2, 0.25) is 0 Å². The van der Waals surface area contributed by atoms with E-state index in [2.05, 4.69) is 16.0 Å². The summed E-state index contributed by atoms with van der Waals surface area (Å²) >= 11 is 0. The van der Waals surface area contributed by atoms with Crippen LogP contribution in [0.25, 0.3) is 23.5 Å². The number of nitriles is 1. The van der Waals surface area contributed by atoms with Crippen molar-refractivity contribution in [3.8, 4) is 17.5 Å². The van der Waals surface area contributed by atoms with Gasteiger partial charge in [0, 0.05) is 11.8 Å². The number of hydrogen-bond donors (Lipinski definition) is 1. The summed E-state index contributed by atoms with van der Waals surface area (Å²) in [4.78, 5) is 19.9. The molecule has 3 rings (SSSR count). The molecule has 1 N–H and O–H groups in total. The highest BCUT2D eigenvalue weighted by Gasteiger charge is 2.12. The van der Waals surface area contributed by atoms with E-state index in [1.807, 2.05) is 30.3 Å². The van der Waals surface area contributed by atoms with Gasteiger partial charge in [0.2, 0.25) is 0 Å². The number of carbonyl (C=O) groups is 1. The third kappa shape index (κ3) is 3.77. The van der Waals surface area contributed by atoms with Gasteiger partial charge in [0.1, 0.15) is 5.56 Å². The second-order valence-corrected chi connectivity index (χ2v) is 5.23. The number of benzene rings is 2. The molecule has 2 aromatic carbocycles. The molecule has 0 saturated heterocycles. The minimum absolute atomic E-state index is 0.0320. The number of nitrogens with zero attached hydrogens (tertiary/aromatic N) is 3. The van der Waals surface area contributed by atoms with Crippen molar-refractivity contribution >= 4 is 18.1 Å². The van der Waals surface area contributed by atoms with Crippen LogP contribution in [-0.2, 0) is 0 Å². The van der Waals surface area contributed by atoms with E-state index in [9.17, 15) is 9.90 Å². The van der Waals surface area contributed by atoms with E-state index in [1.54, 1.807) is 36.4 Å². The molecule has 0 aliphatic heterocycles. The predicted molar refractivity (Wildman–Crippen MR) is 94.5 cm³/mol. The topological polar surface area (TPSA) is 86.9 Å². The summed E-state index contributed by atoms with van der Waals surface area (Å²) in [6, 6.07) is 18.4. The molecule has 0 atom stereocenters. The number of aromatic nitrogens is 2. The number of aromatic carboxylic acids is 1. The normalized spacial score (nSPS) is 10.5. The zero-order valence-electron chi connectivity index (χ0n) is 13.1. The van der Waals surface area contributed by atoms with Crippen molar-refractivity contribution in [3.05, 3.63) is 83.2 Å². The maximum absolute atomic E-state index is 11.4. The predicted octanol–water partition coefficient (Wildman–Crippen LogP) is 3.88. The summed E-state index contributed by atoms with van der Waals surface area (Å²) in [5, 5.41) is 18.2. The molecule has 0 bridgehead atoms. The molecule has 1 heterocycles. The van der Waals surface area contributed by atoms with Gasteiger partial charge in [0.05, 0.1) is 17.3 Å². The van der Waals surface area contributed by atoms with Gasteiger partial charge in [-0.25, -0.2) is 14.8 Å². The van der Waals surface area contributed by atoms with Crippen LogP contribution in [0.1, 0.15) is 27.2 Å². The van der Waals surface area contributed by atoms with E-state index in [1.165, 1.54) is 6.20 Å². The first-order chi connectivity index (χ1) is 12.2. The summed E-state index contributed by atoms with van der Waals surface area (Å²) in [7, 11) is 0. The van der Waals surface area contributed by atoms with E-state index in [0.717, 1.165) is 11.1 Å². The van der Waals surface area contributed by atoms with Gasteiger partial charge in [-0.1, -0.05) is 48.5 Å². The molecule has 5 heteroatoms. The molecule has 5 nitrogen and oxygen atoms in total. The first kappa shape index (κ1) is 16.1. The molecule has 1 aromatic heterocycles. The molecule has 120 valence electrons. The first-order valence-electron chi connectivity index (χ1n) is 7.51. The molecule has 0 radical (unpaired) electrons. The number of hydrogen-bond acceptors (Lipinski definition) is 4. The Morgan fingerprint density at radius 3 is 2.40 bits per heavy atom. The van der Waals surface area contributed by atoms with Crippen LogP contribution in [0.3, 0.4) is 0 Å². The Bertz CT molecular complexity index is 972. The third-order valence-corrected chi connectivity index (χ3v) is 3.55. The lowest BCUT2D eigenvalue weighted by Gasteiger charge is -2.04. The van der Waals surface area contributed by atoms with Crippen LogP contribution in [-0.4, -0.2) is 21.0 Å². The number of carboxylic acids is 1. The Morgan fingerprint density at radius 1 is 1.04 bits per heavy atom. The Labute approximate surface area is 144 Å². The second kappa shape index (κ2) is 7.20. The summed E-state index contributed by atoms with van der Waals surface area (Å²) in [5.74, 6) is -0.621. The monoisotopic (exact) mass is 327 g/mol. The molecule has 0 fully saturated rings. The van der Waals surface area contributed by atoms with Crippen LogP contribution >= 0.6 is 0 Å². The van der Waals surface area contributed by atoms with E-state index >= 15 is 0 Å². The van der Waals surface area contributed by atoms with Gasteiger partial charge < -0.3 is 5.11 Å². The third-order valence-electron chi connectivity index (χ3n) is 3.55. The average Bonchev–Trinajstić information content (AvgIpc) is 2.67. The van der Waals surface area contributed by atoms with Crippen molar-refractivity contribution in [1.29, 1.82) is 5.26 Å². The summed E-state index contributed by atoms with van der Waals surface area (Å²) in [5.41, 5.74) is 2.58. The number of carboxylic acid groups (broad SMARTS) is 1. The van der Waals surface area contributed by atoms with Gasteiger partial charge in [-0.15, -0.1) is 0 Å². The molecular formula is C20H13N3O2. The lowest BCUT2D eigenvalue weighted by Crippen LogP contribution is -2.04. The van der Waals surface area contributed by atoms with Gasteiger partial charge in [0.25, 0.3) is 0 Å². The van der Waals surface area contributed by atoms with Gasteiger partial charge in [-0.3, -0.25) is 0 Å². The van der Waals surface area contributed by atoms with Gasteiger partial charge >= 0.3 is 5.97 Å². The van der Waals surface area contributed by atoms with Crippen molar-refractivity contribution < 1.29 is 9.90 Å². The van der Waals surface area contributed by atoms with Crippen LogP contribution < -0.4 is 0 Å². The van der Waals surface area contributed by atoms with Crippen molar-refractivity contribution in [2.24, 2.45) is 0 Å². The average molecular weight is 327 g/mol. The molecule has 25 heavy (non-hydrogen) atoms. The first-order valence-corrected chi connectivity index (χ1v) is 7.51. The molecule has 0 aliphatic carbocycles. The molecule has 0 saturated carbocycles. The lowest BCUT2D eigenvalue weighted by atomic mass is 10.1. The summed E-state index contributed by atoms with van der Waals surface area (Å²) in [6.07, 6.45) is 4.71.